The Hall–Kier alpha value is -3.78. The normalized spacial score (nSPS) is 15.0. The highest BCUT2D eigenvalue weighted by molar-refractivity contribution is 7.22. The summed E-state index contributed by atoms with van der Waals surface area (Å²) in [5, 5.41) is 15.5. The summed E-state index contributed by atoms with van der Waals surface area (Å²) in [5.74, 6) is -1.71. The second-order valence-electron chi connectivity index (χ2n) is 7.60. The molecule has 37 heavy (non-hydrogen) atoms. The SMILES string of the molecule is C=C/C(=C\C=C(/C)c1ccc(Nc2nc3ccc(F)cc3s2)c(F)c1)C1=C(C)C(C(=O)O)N1.CC.CC. The summed E-state index contributed by atoms with van der Waals surface area (Å²) in [7, 11) is 0. The maximum Gasteiger partial charge on any atom is 0.330 e. The zero-order valence-corrected chi connectivity index (χ0v) is 22.8. The molecule has 0 aliphatic carbocycles. The van der Waals surface area contributed by atoms with E-state index in [4.69, 9.17) is 5.11 Å². The van der Waals surface area contributed by atoms with Gasteiger partial charge in [-0.3, -0.25) is 0 Å². The Labute approximate surface area is 221 Å². The van der Waals surface area contributed by atoms with Gasteiger partial charge in [0, 0.05) is 5.70 Å². The third kappa shape index (κ3) is 6.92. The van der Waals surface area contributed by atoms with Crippen molar-refractivity contribution in [3.8, 4) is 0 Å². The first kappa shape index (κ1) is 29.5. The first-order chi connectivity index (χ1) is 17.8. The van der Waals surface area contributed by atoms with Crippen LogP contribution in [0.1, 0.15) is 47.1 Å². The van der Waals surface area contributed by atoms with Crippen LogP contribution in [0.2, 0.25) is 0 Å². The molecule has 0 saturated heterocycles. The highest BCUT2D eigenvalue weighted by Gasteiger charge is 2.32. The van der Waals surface area contributed by atoms with Crippen LogP contribution in [0.5, 0.6) is 0 Å². The summed E-state index contributed by atoms with van der Waals surface area (Å²) in [6.07, 6.45) is 5.29. The topological polar surface area (TPSA) is 74.2 Å². The van der Waals surface area contributed by atoms with E-state index < -0.39 is 17.8 Å². The van der Waals surface area contributed by atoms with E-state index in [-0.39, 0.29) is 11.5 Å². The van der Waals surface area contributed by atoms with Crippen molar-refractivity contribution in [2.75, 3.05) is 5.32 Å². The number of anilines is 2. The lowest BCUT2D eigenvalue weighted by Crippen LogP contribution is -2.47. The molecule has 1 aromatic heterocycles. The molecule has 0 spiro atoms. The molecule has 0 fully saturated rings. The van der Waals surface area contributed by atoms with Gasteiger partial charge < -0.3 is 15.7 Å². The lowest BCUT2D eigenvalue weighted by atomic mass is 9.92. The zero-order valence-electron chi connectivity index (χ0n) is 21.9. The number of fused-ring (bicyclic) bond motifs is 1. The van der Waals surface area contributed by atoms with Crippen LogP contribution in [-0.4, -0.2) is 22.1 Å². The molecule has 3 N–H and O–H groups in total. The number of allylic oxidation sites excluding steroid dienone is 4. The van der Waals surface area contributed by atoms with E-state index in [1.54, 1.807) is 31.2 Å². The van der Waals surface area contributed by atoms with Gasteiger partial charge in [0.2, 0.25) is 0 Å². The van der Waals surface area contributed by atoms with Gasteiger partial charge in [0.15, 0.2) is 5.13 Å². The number of aromatic nitrogens is 1. The number of aliphatic carboxylic acids is 1. The van der Waals surface area contributed by atoms with Crippen LogP contribution in [0.4, 0.5) is 19.6 Å². The van der Waals surface area contributed by atoms with Gasteiger partial charge in [0.1, 0.15) is 17.7 Å². The number of thiazole rings is 1. The summed E-state index contributed by atoms with van der Waals surface area (Å²) in [6, 6.07) is 8.49. The molecule has 4 rings (SSSR count). The fourth-order valence-corrected chi connectivity index (χ4v) is 4.39. The van der Waals surface area contributed by atoms with Crippen molar-refractivity contribution in [2.24, 2.45) is 0 Å². The van der Waals surface area contributed by atoms with Crippen molar-refractivity contribution in [1.82, 2.24) is 10.3 Å². The average molecular weight is 526 g/mol. The largest absolute Gasteiger partial charge is 0.479 e. The van der Waals surface area contributed by atoms with Gasteiger partial charge in [-0.2, -0.15) is 0 Å². The van der Waals surface area contributed by atoms with Gasteiger partial charge >= 0.3 is 5.97 Å². The maximum absolute atomic E-state index is 14.8. The number of benzene rings is 2. The van der Waals surface area contributed by atoms with Crippen molar-refractivity contribution in [2.45, 2.75) is 47.6 Å². The minimum absolute atomic E-state index is 0.271. The number of halogens is 2. The third-order valence-corrected chi connectivity index (χ3v) is 6.33. The number of carboxylic acid groups (broad SMARTS) is 1. The lowest BCUT2D eigenvalue weighted by molar-refractivity contribution is -0.138. The lowest BCUT2D eigenvalue weighted by Gasteiger charge is -2.31. The molecule has 196 valence electrons. The summed E-state index contributed by atoms with van der Waals surface area (Å²) in [5.41, 5.74) is 4.66. The summed E-state index contributed by atoms with van der Waals surface area (Å²) in [4.78, 5) is 15.5. The molecular formula is C29H33F2N3O2S. The van der Waals surface area contributed by atoms with E-state index in [0.717, 1.165) is 22.4 Å². The smallest absolute Gasteiger partial charge is 0.330 e. The van der Waals surface area contributed by atoms with Gasteiger partial charge in [-0.1, -0.05) is 69.9 Å². The Bertz CT molecular complexity index is 1370. The van der Waals surface area contributed by atoms with Gasteiger partial charge in [0.05, 0.1) is 15.9 Å². The van der Waals surface area contributed by atoms with Crippen LogP contribution in [0.15, 0.2) is 78.0 Å². The predicted molar refractivity (Wildman–Crippen MR) is 151 cm³/mol. The van der Waals surface area contributed by atoms with Crippen molar-refractivity contribution < 1.29 is 18.7 Å². The van der Waals surface area contributed by atoms with Crippen molar-refractivity contribution in [3.05, 3.63) is 95.2 Å². The van der Waals surface area contributed by atoms with Crippen LogP contribution in [0, 0.1) is 11.6 Å². The highest BCUT2D eigenvalue weighted by atomic mass is 32.1. The summed E-state index contributed by atoms with van der Waals surface area (Å²) >= 11 is 1.25. The molecule has 1 atom stereocenters. The number of carboxylic acids is 1. The van der Waals surface area contributed by atoms with Crippen LogP contribution < -0.4 is 10.6 Å². The molecule has 3 aromatic rings. The summed E-state index contributed by atoms with van der Waals surface area (Å²) < 4.78 is 28.8. The van der Waals surface area contributed by atoms with Gasteiger partial charge in [0.25, 0.3) is 0 Å². The van der Waals surface area contributed by atoms with Crippen LogP contribution in [-0.2, 0) is 4.79 Å². The average Bonchev–Trinajstić information content (AvgIpc) is 3.29. The monoisotopic (exact) mass is 525 g/mol. The number of nitrogens with zero attached hydrogens (tertiary/aromatic N) is 1. The molecule has 0 amide bonds. The van der Waals surface area contributed by atoms with E-state index in [2.05, 4.69) is 22.2 Å². The number of hydrogen-bond donors (Lipinski definition) is 3. The second kappa shape index (κ2) is 13.5. The van der Waals surface area contributed by atoms with E-state index in [9.17, 15) is 13.6 Å². The van der Waals surface area contributed by atoms with E-state index >= 15 is 0 Å². The van der Waals surface area contributed by atoms with E-state index in [0.29, 0.717) is 20.9 Å². The third-order valence-electron chi connectivity index (χ3n) is 5.40. The van der Waals surface area contributed by atoms with Gasteiger partial charge in [-0.15, -0.1) is 0 Å². The number of nitrogens with one attached hydrogen (secondary N) is 2. The number of carbonyl (C=O) groups is 1. The quantitative estimate of drug-likeness (QED) is 0.271. The zero-order chi connectivity index (χ0) is 27.7. The first-order valence-corrected chi connectivity index (χ1v) is 12.9. The molecular weight excluding hydrogens is 492 g/mol. The first-order valence-electron chi connectivity index (χ1n) is 12.1. The van der Waals surface area contributed by atoms with Crippen LogP contribution in [0.25, 0.3) is 15.8 Å². The molecule has 5 nitrogen and oxygen atoms in total. The van der Waals surface area contributed by atoms with Crippen LogP contribution >= 0.6 is 11.3 Å². The number of rotatable bonds is 7. The molecule has 0 saturated carbocycles. The predicted octanol–water partition coefficient (Wildman–Crippen LogP) is 8.22. The molecule has 0 radical (unpaired) electrons. The molecule has 8 heteroatoms. The fourth-order valence-electron chi connectivity index (χ4n) is 3.48. The Kier molecular flexibility index (Phi) is 10.8. The van der Waals surface area contributed by atoms with Crippen molar-refractivity contribution >= 4 is 43.9 Å². The van der Waals surface area contributed by atoms with Gasteiger partial charge in [-0.05, 0) is 66.5 Å². The van der Waals surface area contributed by atoms with Gasteiger partial charge in [-0.25, -0.2) is 18.6 Å². The highest BCUT2D eigenvalue weighted by Crippen LogP contribution is 2.31. The van der Waals surface area contributed by atoms with Crippen molar-refractivity contribution in [3.63, 3.8) is 0 Å². The molecule has 1 aliphatic heterocycles. The van der Waals surface area contributed by atoms with Crippen LogP contribution in [0.3, 0.4) is 0 Å². The molecule has 0 bridgehead atoms. The Morgan fingerprint density at radius 1 is 1.14 bits per heavy atom. The van der Waals surface area contributed by atoms with Crippen molar-refractivity contribution in [1.29, 1.82) is 0 Å². The Morgan fingerprint density at radius 2 is 1.84 bits per heavy atom. The molecule has 2 aromatic carbocycles. The van der Waals surface area contributed by atoms with E-state index in [1.165, 1.54) is 29.5 Å². The molecule has 1 unspecified atom stereocenters. The second-order valence-corrected chi connectivity index (χ2v) is 8.63. The number of hydrogen-bond acceptors (Lipinski definition) is 5. The maximum atomic E-state index is 14.8. The standard InChI is InChI=1S/C25H21F2N3O2S.2C2H6/c1-4-15(22-14(3)23(30-22)24(31)32)6-5-13(2)16-7-9-19(18(27)11-16)28-25-29-20-10-8-17(26)12-21(20)33-25;2*1-2/h4-12,23,30H,1H2,2-3H3,(H,28,29)(H,31,32);2*1-2H3/b13-5+,15-6+;;. The summed E-state index contributed by atoms with van der Waals surface area (Å²) in [6.45, 7) is 15.4. The molecule has 1 aliphatic rings. The minimum atomic E-state index is -0.923. The minimum Gasteiger partial charge on any atom is -0.479 e. The molecule has 2 heterocycles. The Balaban J connectivity index is 0.00000115. The fraction of sp³-hybridized carbons (Fsp3) is 0.241. The Morgan fingerprint density at radius 3 is 2.43 bits per heavy atom. The van der Waals surface area contributed by atoms with E-state index in [1.807, 2.05) is 46.8 Å².